The number of fused-ring (bicyclic) bond motifs is 1. The van der Waals surface area contributed by atoms with E-state index in [1.807, 2.05) is 0 Å². The third kappa shape index (κ3) is 2.72. The zero-order valence-electron chi connectivity index (χ0n) is 9.73. The second-order valence-corrected chi connectivity index (χ2v) is 9.83. The second kappa shape index (κ2) is 6.04. The van der Waals surface area contributed by atoms with Crippen LogP contribution in [0.25, 0.3) is 0 Å². The molecular weight excluding hydrogens is 313 g/mol. The van der Waals surface area contributed by atoms with Crippen molar-refractivity contribution in [1.82, 2.24) is 5.32 Å². The monoisotopic (exact) mass is 326 g/mol. The molecule has 93 valence electrons. The average Bonchev–Trinajstić information content (AvgIpc) is 2.56. The maximum Gasteiger partial charge on any atom is -1.00 e. The number of aliphatic hydroxyl groups is 1. The molecular formula is C10H14Cl2NO2SiTi. The van der Waals surface area contributed by atoms with Gasteiger partial charge in [-0.2, -0.15) is 0 Å². The summed E-state index contributed by atoms with van der Waals surface area (Å²) in [6.45, 7) is 4.58. The summed E-state index contributed by atoms with van der Waals surface area (Å²) in [5.74, 6) is -0.0679. The molecule has 2 bridgehead atoms. The van der Waals surface area contributed by atoms with Crippen LogP contribution in [0.1, 0.15) is 12.8 Å². The Morgan fingerprint density at radius 3 is 2.41 bits per heavy atom. The van der Waals surface area contributed by atoms with Crippen LogP contribution in [0, 0.1) is 0 Å². The molecule has 0 saturated heterocycles. The summed E-state index contributed by atoms with van der Waals surface area (Å²) in [5, 5.41) is 14.5. The Bertz CT molecular complexity index is 407. The number of nitrogens with one attached hydrogen (secondary N) is 1. The first-order valence-electron chi connectivity index (χ1n) is 5.08. The van der Waals surface area contributed by atoms with Gasteiger partial charge in [0.25, 0.3) is 0 Å². The fourth-order valence-corrected chi connectivity index (χ4v) is 7.85. The van der Waals surface area contributed by atoms with Gasteiger partial charge in [-0.15, -0.1) is 0 Å². The van der Waals surface area contributed by atoms with E-state index in [4.69, 9.17) is 5.11 Å². The summed E-state index contributed by atoms with van der Waals surface area (Å²) in [6.07, 6.45) is 1.26. The van der Waals surface area contributed by atoms with Crippen LogP contribution in [0.5, 0.6) is 0 Å². The SMILES string of the molecule is C[Si]1(C)C2=C(NC(=O)CCO)C1=[C]([Ti+2])C2.[Cl-].[Cl-]. The van der Waals surface area contributed by atoms with Gasteiger partial charge in [0.15, 0.2) is 0 Å². The minimum Gasteiger partial charge on any atom is -1.00 e. The first kappa shape index (κ1) is 17.4. The molecule has 2 heterocycles. The largest absolute Gasteiger partial charge is 1.00 e. The van der Waals surface area contributed by atoms with Crippen molar-refractivity contribution in [2.24, 2.45) is 0 Å². The zero-order chi connectivity index (χ0) is 11.2. The fourth-order valence-electron chi connectivity index (χ4n) is 2.41. The number of rotatable bonds is 3. The van der Waals surface area contributed by atoms with Gasteiger partial charge >= 0.3 is 102 Å². The number of carbonyl (C=O) groups is 1. The minimum atomic E-state index is -1.28. The Morgan fingerprint density at radius 2 is 2.06 bits per heavy atom. The molecule has 0 aromatic heterocycles. The zero-order valence-corrected chi connectivity index (χ0v) is 13.8. The number of hydrogen-bond donors (Lipinski definition) is 2. The van der Waals surface area contributed by atoms with Gasteiger partial charge in [0.1, 0.15) is 0 Å². The first-order chi connectivity index (χ1) is 6.98. The summed E-state index contributed by atoms with van der Waals surface area (Å²) in [7, 11) is -1.28. The van der Waals surface area contributed by atoms with E-state index in [-0.39, 0.29) is 43.7 Å². The summed E-state index contributed by atoms with van der Waals surface area (Å²) < 4.78 is 1.43. The van der Waals surface area contributed by atoms with Crippen LogP contribution >= 0.6 is 0 Å². The third-order valence-electron chi connectivity index (χ3n) is 3.19. The molecule has 1 amide bonds. The van der Waals surface area contributed by atoms with Gasteiger partial charge in [0.2, 0.25) is 0 Å². The molecule has 3 aliphatic rings. The number of halogens is 2. The van der Waals surface area contributed by atoms with Crippen LogP contribution in [0.2, 0.25) is 13.1 Å². The van der Waals surface area contributed by atoms with Gasteiger partial charge in [0.05, 0.1) is 0 Å². The molecule has 2 aliphatic heterocycles. The van der Waals surface area contributed by atoms with E-state index in [9.17, 15) is 4.79 Å². The second-order valence-electron chi connectivity index (χ2n) is 4.53. The number of hydrogen-bond acceptors (Lipinski definition) is 2. The van der Waals surface area contributed by atoms with E-state index in [0.717, 1.165) is 12.1 Å². The van der Waals surface area contributed by atoms with Gasteiger partial charge < -0.3 is 24.8 Å². The summed E-state index contributed by atoms with van der Waals surface area (Å²) in [4.78, 5) is 11.4. The number of amides is 1. The van der Waals surface area contributed by atoms with Crippen LogP contribution in [0.4, 0.5) is 0 Å². The molecule has 0 radical (unpaired) electrons. The third-order valence-corrected chi connectivity index (χ3v) is 7.98. The van der Waals surface area contributed by atoms with E-state index in [1.54, 1.807) is 0 Å². The van der Waals surface area contributed by atoms with Crippen molar-refractivity contribution >= 4 is 14.0 Å². The van der Waals surface area contributed by atoms with Crippen LogP contribution < -0.4 is 30.1 Å². The molecule has 0 unspecified atom stereocenters. The van der Waals surface area contributed by atoms with Crippen molar-refractivity contribution in [3.63, 3.8) is 0 Å². The topological polar surface area (TPSA) is 49.3 Å². The molecule has 0 saturated carbocycles. The number of aliphatic hydroxyl groups excluding tert-OH is 1. The predicted molar refractivity (Wildman–Crippen MR) is 56.0 cm³/mol. The Hall–Kier alpha value is 0.421. The normalized spacial score (nSPS) is 19.4. The predicted octanol–water partition coefficient (Wildman–Crippen LogP) is -5.25. The van der Waals surface area contributed by atoms with Crippen LogP contribution in [0.15, 0.2) is 20.0 Å². The Kier molecular flexibility index (Phi) is 6.19. The number of carbonyl (C=O) groups excluding carboxylic acids is 1. The van der Waals surface area contributed by atoms with Gasteiger partial charge in [0, 0.05) is 0 Å². The molecule has 0 aromatic rings. The molecule has 7 heteroatoms. The Balaban J connectivity index is 0.00000128. The molecule has 0 fully saturated rings. The van der Waals surface area contributed by atoms with Crippen LogP contribution in [-0.2, 0) is 25.2 Å². The molecule has 0 aromatic carbocycles. The minimum absolute atomic E-state index is 0. The standard InChI is InChI=1S/C10H14NO2Si.2ClH.Ti/c1-14(2)7-3-4-8(14)10(7)11-9(13)5-6-12;;;/h12H,3,5-6H2,1-2H3,(H,11,13);2*1H;/q;;;+2/p-2. The fraction of sp³-hybridized carbons (Fsp3) is 0.500. The summed E-state index contributed by atoms with van der Waals surface area (Å²) in [5.41, 5.74) is 1.09. The summed E-state index contributed by atoms with van der Waals surface area (Å²) in [6, 6.07) is 0. The quantitative estimate of drug-likeness (QED) is 0.509. The van der Waals surface area contributed by atoms with E-state index in [1.165, 1.54) is 14.3 Å². The van der Waals surface area contributed by atoms with Gasteiger partial charge in [-0.1, -0.05) is 0 Å². The molecule has 0 atom stereocenters. The molecule has 3 rings (SSSR count). The van der Waals surface area contributed by atoms with Crippen molar-refractivity contribution in [3.05, 3.63) is 20.0 Å². The summed E-state index contributed by atoms with van der Waals surface area (Å²) >= 11 is 2.16. The van der Waals surface area contributed by atoms with E-state index < -0.39 is 8.07 Å². The van der Waals surface area contributed by atoms with Gasteiger partial charge in [-0.25, -0.2) is 0 Å². The van der Waals surface area contributed by atoms with E-state index in [0.29, 0.717) is 0 Å². The molecule has 3 nitrogen and oxygen atoms in total. The average molecular weight is 327 g/mol. The van der Waals surface area contributed by atoms with Crippen molar-refractivity contribution < 1.29 is 55.2 Å². The smallest absolute Gasteiger partial charge is 1.00 e. The van der Waals surface area contributed by atoms with E-state index >= 15 is 0 Å². The Labute approximate surface area is 126 Å². The molecule has 2 N–H and O–H groups in total. The van der Waals surface area contributed by atoms with Crippen molar-refractivity contribution in [1.29, 1.82) is 0 Å². The van der Waals surface area contributed by atoms with Crippen LogP contribution in [0.3, 0.4) is 0 Å². The Morgan fingerprint density at radius 1 is 1.47 bits per heavy atom. The van der Waals surface area contributed by atoms with Crippen molar-refractivity contribution in [2.75, 3.05) is 6.61 Å². The first-order valence-corrected chi connectivity index (χ1v) is 8.86. The van der Waals surface area contributed by atoms with Crippen LogP contribution in [-0.4, -0.2) is 25.7 Å². The van der Waals surface area contributed by atoms with Gasteiger partial charge in [-0.3, -0.25) is 0 Å². The molecule has 1 aliphatic carbocycles. The molecule has 17 heavy (non-hydrogen) atoms. The van der Waals surface area contributed by atoms with Gasteiger partial charge in [-0.05, 0) is 0 Å². The maximum atomic E-state index is 11.4. The maximum absolute atomic E-state index is 11.4. The van der Waals surface area contributed by atoms with Crippen molar-refractivity contribution in [3.8, 4) is 0 Å². The van der Waals surface area contributed by atoms with E-state index in [2.05, 4.69) is 38.8 Å². The van der Waals surface area contributed by atoms with Crippen molar-refractivity contribution in [2.45, 2.75) is 25.9 Å². The number of allylic oxidation sites excluding steroid dienone is 3. The molecule has 0 spiro atoms.